The average molecular weight is 255 g/mol. The van der Waals surface area contributed by atoms with Gasteiger partial charge in [0.15, 0.2) is 5.65 Å². The molecule has 1 fully saturated rings. The third-order valence-electron chi connectivity index (χ3n) is 4.07. The molecule has 0 saturated heterocycles. The van der Waals surface area contributed by atoms with Crippen molar-refractivity contribution >= 4 is 11.2 Å². The van der Waals surface area contributed by atoms with Crippen molar-refractivity contribution in [2.24, 2.45) is 11.8 Å². The molecular weight excluding hydrogens is 238 g/mol. The summed E-state index contributed by atoms with van der Waals surface area (Å²) in [4.78, 5) is 12.4. The molecule has 1 aliphatic rings. The number of nitrogens with zero attached hydrogens (tertiary/aromatic N) is 5. The van der Waals surface area contributed by atoms with E-state index in [2.05, 4.69) is 26.4 Å². The highest BCUT2D eigenvalue weighted by atomic mass is 15.1. The van der Waals surface area contributed by atoms with Gasteiger partial charge >= 0.3 is 0 Å². The standard InChI is InChI=1S/C14H17N5/c1-10-2-4-11(5-3-10)8-19-9-17-14-12(19)7-16-13(6-15)18-14/h7,9-11H,2-5,8H2,1H3. The minimum absolute atomic E-state index is 0.184. The monoisotopic (exact) mass is 255 g/mol. The van der Waals surface area contributed by atoms with Gasteiger partial charge in [-0.2, -0.15) is 10.2 Å². The van der Waals surface area contributed by atoms with E-state index in [1.54, 1.807) is 6.20 Å². The van der Waals surface area contributed by atoms with E-state index in [9.17, 15) is 0 Å². The van der Waals surface area contributed by atoms with Crippen molar-refractivity contribution in [1.82, 2.24) is 19.5 Å². The highest BCUT2D eigenvalue weighted by molar-refractivity contribution is 5.69. The first-order valence-electron chi connectivity index (χ1n) is 6.84. The molecule has 0 radical (unpaired) electrons. The Morgan fingerprint density at radius 2 is 2.11 bits per heavy atom. The number of nitriles is 1. The molecule has 0 spiro atoms. The zero-order valence-corrected chi connectivity index (χ0v) is 11.1. The number of hydrogen-bond donors (Lipinski definition) is 0. The van der Waals surface area contributed by atoms with Gasteiger partial charge in [-0.1, -0.05) is 19.8 Å². The normalized spacial score (nSPS) is 23.4. The highest BCUT2D eigenvalue weighted by Gasteiger charge is 2.19. The lowest BCUT2D eigenvalue weighted by Gasteiger charge is -2.26. The van der Waals surface area contributed by atoms with Gasteiger partial charge in [0.1, 0.15) is 11.6 Å². The van der Waals surface area contributed by atoms with Crippen molar-refractivity contribution in [3.05, 3.63) is 18.3 Å². The van der Waals surface area contributed by atoms with Crippen LogP contribution in [0.1, 0.15) is 38.4 Å². The number of fused-ring (bicyclic) bond motifs is 1. The van der Waals surface area contributed by atoms with Crippen molar-refractivity contribution in [2.75, 3.05) is 0 Å². The Morgan fingerprint density at radius 3 is 2.84 bits per heavy atom. The largest absolute Gasteiger partial charge is 0.328 e. The molecule has 19 heavy (non-hydrogen) atoms. The summed E-state index contributed by atoms with van der Waals surface area (Å²) in [6, 6.07) is 1.94. The smallest absolute Gasteiger partial charge is 0.234 e. The Balaban J connectivity index is 1.80. The minimum Gasteiger partial charge on any atom is -0.328 e. The van der Waals surface area contributed by atoms with Gasteiger partial charge in [0.05, 0.1) is 12.5 Å². The summed E-state index contributed by atoms with van der Waals surface area (Å²) < 4.78 is 2.12. The fourth-order valence-electron chi connectivity index (χ4n) is 2.84. The maximum absolute atomic E-state index is 8.78. The molecule has 0 atom stereocenters. The lowest BCUT2D eigenvalue weighted by atomic mass is 9.83. The molecule has 0 bridgehead atoms. The van der Waals surface area contributed by atoms with Gasteiger partial charge in [-0.3, -0.25) is 0 Å². The van der Waals surface area contributed by atoms with Crippen molar-refractivity contribution in [3.8, 4) is 6.07 Å². The maximum atomic E-state index is 8.78. The van der Waals surface area contributed by atoms with E-state index in [1.165, 1.54) is 25.7 Å². The van der Waals surface area contributed by atoms with E-state index in [1.807, 2.05) is 12.4 Å². The summed E-state index contributed by atoms with van der Waals surface area (Å²) >= 11 is 0. The van der Waals surface area contributed by atoms with Gasteiger partial charge < -0.3 is 4.57 Å². The first-order valence-corrected chi connectivity index (χ1v) is 6.84. The summed E-state index contributed by atoms with van der Waals surface area (Å²) in [5, 5.41) is 8.78. The molecule has 0 aliphatic heterocycles. The molecule has 2 aromatic heterocycles. The molecule has 0 unspecified atom stereocenters. The first kappa shape index (κ1) is 12.1. The van der Waals surface area contributed by atoms with Crippen LogP contribution in [0, 0.1) is 23.2 Å². The van der Waals surface area contributed by atoms with Crippen molar-refractivity contribution in [3.63, 3.8) is 0 Å². The van der Waals surface area contributed by atoms with Gasteiger partial charge in [-0.25, -0.2) is 9.97 Å². The van der Waals surface area contributed by atoms with Gasteiger partial charge in [0, 0.05) is 6.54 Å². The minimum atomic E-state index is 0.184. The van der Waals surface area contributed by atoms with E-state index in [-0.39, 0.29) is 5.82 Å². The second kappa shape index (κ2) is 4.96. The molecule has 5 heteroatoms. The molecule has 0 aromatic carbocycles. The van der Waals surface area contributed by atoms with Crippen LogP contribution in [0.3, 0.4) is 0 Å². The average Bonchev–Trinajstić information content (AvgIpc) is 2.83. The van der Waals surface area contributed by atoms with Crippen molar-refractivity contribution in [2.45, 2.75) is 39.2 Å². The van der Waals surface area contributed by atoms with E-state index >= 15 is 0 Å². The van der Waals surface area contributed by atoms with E-state index in [4.69, 9.17) is 5.26 Å². The zero-order valence-electron chi connectivity index (χ0n) is 11.1. The van der Waals surface area contributed by atoms with E-state index < -0.39 is 0 Å². The first-order chi connectivity index (χ1) is 9.26. The quantitative estimate of drug-likeness (QED) is 0.827. The van der Waals surface area contributed by atoms with E-state index in [0.29, 0.717) is 5.65 Å². The fraction of sp³-hybridized carbons (Fsp3) is 0.571. The number of hydrogen-bond acceptors (Lipinski definition) is 4. The molecule has 1 aliphatic carbocycles. The number of rotatable bonds is 2. The molecule has 3 rings (SSSR count). The topological polar surface area (TPSA) is 67.4 Å². The van der Waals surface area contributed by atoms with Crippen molar-refractivity contribution in [1.29, 1.82) is 5.26 Å². The maximum Gasteiger partial charge on any atom is 0.234 e. The molecule has 0 amide bonds. The summed E-state index contributed by atoms with van der Waals surface area (Å²) in [5.74, 6) is 1.78. The lowest BCUT2D eigenvalue weighted by molar-refractivity contribution is 0.266. The zero-order chi connectivity index (χ0) is 13.2. The Kier molecular flexibility index (Phi) is 3.16. The molecular formula is C14H17N5. The molecule has 1 saturated carbocycles. The Morgan fingerprint density at radius 1 is 1.32 bits per heavy atom. The predicted octanol–water partition coefficient (Wildman–Crippen LogP) is 2.52. The molecule has 2 aromatic rings. The highest BCUT2D eigenvalue weighted by Crippen LogP contribution is 2.29. The summed E-state index contributed by atoms with van der Waals surface area (Å²) in [6.07, 6.45) is 8.76. The van der Waals surface area contributed by atoms with Crippen LogP contribution >= 0.6 is 0 Å². The molecule has 98 valence electrons. The van der Waals surface area contributed by atoms with Gasteiger partial charge in [-0.05, 0) is 24.7 Å². The van der Waals surface area contributed by atoms with Crippen LogP contribution < -0.4 is 0 Å². The van der Waals surface area contributed by atoms with Crippen LogP contribution in [-0.2, 0) is 6.54 Å². The Labute approximate surface area is 112 Å². The van der Waals surface area contributed by atoms with Crippen LogP contribution in [-0.4, -0.2) is 19.5 Å². The third-order valence-corrected chi connectivity index (χ3v) is 4.07. The Hall–Kier alpha value is -1.96. The van der Waals surface area contributed by atoms with Crippen LogP contribution in [0.4, 0.5) is 0 Å². The van der Waals surface area contributed by atoms with Crippen molar-refractivity contribution < 1.29 is 0 Å². The summed E-state index contributed by atoms with van der Waals surface area (Å²) in [7, 11) is 0. The summed E-state index contributed by atoms with van der Waals surface area (Å²) in [6.45, 7) is 3.32. The SMILES string of the molecule is CC1CCC(Cn2cnc3nc(C#N)ncc32)CC1. The molecule has 5 nitrogen and oxygen atoms in total. The van der Waals surface area contributed by atoms with Crippen LogP contribution in [0.2, 0.25) is 0 Å². The van der Waals surface area contributed by atoms with Crippen LogP contribution in [0.5, 0.6) is 0 Å². The van der Waals surface area contributed by atoms with Crippen LogP contribution in [0.25, 0.3) is 11.2 Å². The van der Waals surface area contributed by atoms with Gasteiger partial charge in [0.25, 0.3) is 0 Å². The second-order valence-electron chi connectivity index (χ2n) is 5.54. The van der Waals surface area contributed by atoms with Gasteiger partial charge in [0.2, 0.25) is 5.82 Å². The fourth-order valence-corrected chi connectivity index (χ4v) is 2.84. The number of aromatic nitrogens is 4. The van der Waals surface area contributed by atoms with Gasteiger partial charge in [-0.15, -0.1) is 0 Å². The third kappa shape index (κ3) is 2.43. The molecule has 2 heterocycles. The predicted molar refractivity (Wildman–Crippen MR) is 71.2 cm³/mol. The van der Waals surface area contributed by atoms with E-state index in [0.717, 1.165) is 23.9 Å². The molecule has 0 N–H and O–H groups in total. The van der Waals surface area contributed by atoms with Crippen LogP contribution in [0.15, 0.2) is 12.5 Å². The summed E-state index contributed by atoms with van der Waals surface area (Å²) in [5.41, 5.74) is 1.55. The Bertz CT molecular complexity index is 616. The second-order valence-corrected chi connectivity index (χ2v) is 5.54. The lowest BCUT2D eigenvalue weighted by Crippen LogP contribution is -2.17. The number of imidazole rings is 1.